The minimum Gasteiger partial charge on any atom is -0.438 e. The zero-order chi connectivity index (χ0) is 15.6. The van der Waals surface area contributed by atoms with Gasteiger partial charge in [0.2, 0.25) is 5.88 Å². The lowest BCUT2D eigenvalue weighted by Crippen LogP contribution is -2.16. The van der Waals surface area contributed by atoms with Crippen molar-refractivity contribution in [2.24, 2.45) is 10.9 Å². The highest BCUT2D eigenvalue weighted by atomic mass is 79.9. The van der Waals surface area contributed by atoms with Gasteiger partial charge in [-0.05, 0) is 55.7 Å². The fourth-order valence-electron chi connectivity index (χ4n) is 2.05. The van der Waals surface area contributed by atoms with E-state index in [9.17, 15) is 0 Å². The molecule has 6 heteroatoms. The maximum absolute atomic E-state index is 8.90. The summed E-state index contributed by atoms with van der Waals surface area (Å²) < 4.78 is 6.87. The third-order valence-electron chi connectivity index (χ3n) is 3.11. The molecule has 2 rings (SSSR count). The summed E-state index contributed by atoms with van der Waals surface area (Å²) in [6.07, 6.45) is 1.62. The van der Waals surface area contributed by atoms with E-state index < -0.39 is 0 Å². The molecule has 0 saturated heterocycles. The van der Waals surface area contributed by atoms with E-state index in [-0.39, 0.29) is 5.84 Å². The monoisotopic (exact) mass is 349 g/mol. The zero-order valence-electron chi connectivity index (χ0n) is 12.0. The highest BCUT2D eigenvalue weighted by Gasteiger charge is 2.14. The van der Waals surface area contributed by atoms with Gasteiger partial charge in [-0.1, -0.05) is 21.1 Å². The topological polar surface area (TPSA) is 80.7 Å². The standard InChI is InChI=1S/C15H16BrN3O2/c1-8-4-5-18-15(12(8)14(17)19-20)21-11-6-9(2)13(16)10(3)7-11/h4-7,20H,1-3H3,(H2,17,19). The molecule has 0 atom stereocenters. The van der Waals surface area contributed by atoms with Crippen LogP contribution in [0.3, 0.4) is 0 Å². The molecule has 1 aromatic carbocycles. The third-order valence-corrected chi connectivity index (χ3v) is 4.36. The normalized spacial score (nSPS) is 11.5. The largest absolute Gasteiger partial charge is 0.438 e. The summed E-state index contributed by atoms with van der Waals surface area (Å²) in [4.78, 5) is 4.18. The van der Waals surface area contributed by atoms with Gasteiger partial charge in [0, 0.05) is 10.7 Å². The number of aryl methyl sites for hydroxylation is 3. The van der Waals surface area contributed by atoms with Gasteiger partial charge in [-0.3, -0.25) is 0 Å². The summed E-state index contributed by atoms with van der Waals surface area (Å²) in [5.41, 5.74) is 9.13. The maximum Gasteiger partial charge on any atom is 0.230 e. The van der Waals surface area contributed by atoms with Crippen molar-refractivity contribution in [1.29, 1.82) is 0 Å². The second-order valence-corrected chi connectivity index (χ2v) is 5.56. The molecule has 110 valence electrons. The number of nitrogens with two attached hydrogens (primary N) is 1. The Morgan fingerprint density at radius 3 is 2.43 bits per heavy atom. The maximum atomic E-state index is 8.90. The molecule has 0 spiro atoms. The van der Waals surface area contributed by atoms with Gasteiger partial charge in [0.05, 0.1) is 5.56 Å². The predicted molar refractivity (Wildman–Crippen MR) is 85.2 cm³/mol. The van der Waals surface area contributed by atoms with E-state index in [1.54, 1.807) is 12.3 Å². The van der Waals surface area contributed by atoms with E-state index in [0.29, 0.717) is 17.2 Å². The highest BCUT2D eigenvalue weighted by Crippen LogP contribution is 2.30. The number of nitrogens with zero attached hydrogens (tertiary/aromatic N) is 2. The molecule has 5 nitrogen and oxygen atoms in total. The van der Waals surface area contributed by atoms with Gasteiger partial charge in [-0.15, -0.1) is 0 Å². The number of ether oxygens (including phenoxy) is 1. The van der Waals surface area contributed by atoms with Crippen LogP contribution in [0.2, 0.25) is 0 Å². The number of benzene rings is 1. The third kappa shape index (κ3) is 3.16. The Labute approximate surface area is 131 Å². The molecule has 0 radical (unpaired) electrons. The molecule has 0 unspecified atom stereocenters. The van der Waals surface area contributed by atoms with E-state index >= 15 is 0 Å². The number of hydrogen-bond donors (Lipinski definition) is 2. The van der Waals surface area contributed by atoms with Crippen LogP contribution >= 0.6 is 15.9 Å². The number of oxime groups is 1. The lowest BCUT2D eigenvalue weighted by molar-refractivity contribution is 0.318. The van der Waals surface area contributed by atoms with Gasteiger partial charge < -0.3 is 15.7 Å². The SMILES string of the molecule is Cc1cc(Oc2nccc(C)c2/C(N)=N/O)cc(C)c1Br. The quantitative estimate of drug-likeness (QED) is 0.383. The van der Waals surface area contributed by atoms with E-state index in [2.05, 4.69) is 26.1 Å². The van der Waals surface area contributed by atoms with Crippen molar-refractivity contribution in [2.75, 3.05) is 0 Å². The lowest BCUT2D eigenvalue weighted by Gasteiger charge is -2.13. The van der Waals surface area contributed by atoms with Crippen molar-refractivity contribution >= 4 is 21.8 Å². The first-order chi connectivity index (χ1) is 9.93. The highest BCUT2D eigenvalue weighted by molar-refractivity contribution is 9.10. The fraction of sp³-hybridized carbons (Fsp3) is 0.200. The fourth-order valence-corrected chi connectivity index (χ4v) is 2.28. The summed E-state index contributed by atoms with van der Waals surface area (Å²) in [5, 5.41) is 11.9. The van der Waals surface area contributed by atoms with Crippen LogP contribution in [0.1, 0.15) is 22.3 Å². The number of amidine groups is 1. The molecule has 1 aromatic heterocycles. The van der Waals surface area contributed by atoms with Gasteiger partial charge in [0.1, 0.15) is 5.75 Å². The van der Waals surface area contributed by atoms with E-state index in [1.165, 1.54) is 0 Å². The van der Waals surface area contributed by atoms with Crippen molar-refractivity contribution in [3.8, 4) is 11.6 Å². The Morgan fingerprint density at radius 1 is 1.24 bits per heavy atom. The molecule has 1 heterocycles. The van der Waals surface area contributed by atoms with Crippen molar-refractivity contribution < 1.29 is 9.94 Å². The molecule has 21 heavy (non-hydrogen) atoms. The predicted octanol–water partition coefficient (Wildman–Crippen LogP) is 3.66. The Kier molecular flexibility index (Phi) is 4.47. The first-order valence-electron chi connectivity index (χ1n) is 6.32. The number of pyridine rings is 1. The summed E-state index contributed by atoms with van der Waals surface area (Å²) >= 11 is 3.52. The smallest absolute Gasteiger partial charge is 0.230 e. The second kappa shape index (κ2) is 6.13. The number of halogens is 1. The van der Waals surface area contributed by atoms with Gasteiger partial charge in [0.25, 0.3) is 0 Å². The molecule has 0 fully saturated rings. The molecule has 0 bridgehead atoms. The van der Waals surface area contributed by atoms with Gasteiger partial charge >= 0.3 is 0 Å². The van der Waals surface area contributed by atoms with Crippen LogP contribution in [0.15, 0.2) is 34.0 Å². The van der Waals surface area contributed by atoms with Crippen LogP contribution in [0.4, 0.5) is 0 Å². The molecule has 0 amide bonds. The molecular weight excluding hydrogens is 334 g/mol. The Hall–Kier alpha value is -2.08. The zero-order valence-corrected chi connectivity index (χ0v) is 13.6. The van der Waals surface area contributed by atoms with Crippen LogP contribution in [0.25, 0.3) is 0 Å². The van der Waals surface area contributed by atoms with Gasteiger partial charge in [-0.25, -0.2) is 4.98 Å². The first kappa shape index (κ1) is 15.3. The minimum absolute atomic E-state index is 0.0267. The van der Waals surface area contributed by atoms with Crippen LogP contribution in [0.5, 0.6) is 11.6 Å². The van der Waals surface area contributed by atoms with Crippen molar-refractivity contribution in [2.45, 2.75) is 20.8 Å². The van der Waals surface area contributed by atoms with Crippen molar-refractivity contribution in [1.82, 2.24) is 4.98 Å². The molecule has 0 aliphatic heterocycles. The van der Waals surface area contributed by atoms with Gasteiger partial charge in [0.15, 0.2) is 5.84 Å². The van der Waals surface area contributed by atoms with E-state index in [0.717, 1.165) is 21.2 Å². The lowest BCUT2D eigenvalue weighted by atomic mass is 10.1. The summed E-state index contributed by atoms with van der Waals surface area (Å²) in [6, 6.07) is 5.58. The van der Waals surface area contributed by atoms with Crippen LogP contribution in [-0.4, -0.2) is 16.0 Å². The molecule has 0 aliphatic carbocycles. The minimum atomic E-state index is -0.0267. The number of rotatable bonds is 3. The van der Waals surface area contributed by atoms with Crippen molar-refractivity contribution in [3.63, 3.8) is 0 Å². The second-order valence-electron chi connectivity index (χ2n) is 4.77. The Bertz CT molecular complexity index is 691. The summed E-state index contributed by atoms with van der Waals surface area (Å²) in [7, 11) is 0. The van der Waals surface area contributed by atoms with Gasteiger partial charge in [-0.2, -0.15) is 0 Å². The number of hydrogen-bond acceptors (Lipinski definition) is 4. The van der Waals surface area contributed by atoms with Crippen molar-refractivity contribution in [3.05, 3.63) is 51.1 Å². The van der Waals surface area contributed by atoms with Crippen LogP contribution in [0, 0.1) is 20.8 Å². The average Bonchev–Trinajstić information content (AvgIpc) is 2.44. The van der Waals surface area contributed by atoms with E-state index in [1.807, 2.05) is 32.9 Å². The first-order valence-corrected chi connectivity index (χ1v) is 7.11. The molecule has 0 aliphatic rings. The molecule has 0 saturated carbocycles. The van der Waals surface area contributed by atoms with Crippen LogP contribution < -0.4 is 10.5 Å². The molecule has 3 N–H and O–H groups in total. The summed E-state index contributed by atoms with van der Waals surface area (Å²) in [6.45, 7) is 5.82. The summed E-state index contributed by atoms with van der Waals surface area (Å²) in [5.74, 6) is 0.936. The Morgan fingerprint density at radius 2 is 1.86 bits per heavy atom. The number of aromatic nitrogens is 1. The average molecular weight is 350 g/mol. The molecule has 2 aromatic rings. The van der Waals surface area contributed by atoms with E-state index in [4.69, 9.17) is 15.7 Å². The van der Waals surface area contributed by atoms with Crippen LogP contribution in [-0.2, 0) is 0 Å². The Balaban J connectivity index is 2.48. The molecular formula is C15H16BrN3O2.